The number of amides is 1. The molecule has 0 aliphatic carbocycles. The number of thioether (sulfide) groups is 1. The summed E-state index contributed by atoms with van der Waals surface area (Å²) in [6.07, 6.45) is 3.65. The predicted octanol–water partition coefficient (Wildman–Crippen LogP) is 3.34. The van der Waals surface area contributed by atoms with Crippen LogP contribution in [-0.2, 0) is 18.4 Å². The van der Waals surface area contributed by atoms with Crippen molar-refractivity contribution in [2.75, 3.05) is 0 Å². The van der Waals surface area contributed by atoms with Crippen LogP contribution < -0.4 is 0 Å². The summed E-state index contributed by atoms with van der Waals surface area (Å²) >= 11 is 1.50. The van der Waals surface area contributed by atoms with E-state index in [0.29, 0.717) is 6.54 Å². The molecule has 5 heteroatoms. The van der Waals surface area contributed by atoms with E-state index in [0.717, 1.165) is 10.7 Å². The van der Waals surface area contributed by atoms with Gasteiger partial charge in [-0.3, -0.25) is 4.79 Å². The van der Waals surface area contributed by atoms with Gasteiger partial charge in [0.15, 0.2) is 5.16 Å². The molecule has 1 aromatic carbocycles. The van der Waals surface area contributed by atoms with Gasteiger partial charge in [0.2, 0.25) is 5.91 Å². The molecule has 118 valence electrons. The molecule has 0 bridgehead atoms. The van der Waals surface area contributed by atoms with Gasteiger partial charge in [-0.2, -0.15) is 0 Å². The molecule has 0 radical (unpaired) electrons. The lowest BCUT2D eigenvalue weighted by Gasteiger charge is -2.29. The molecule has 2 rings (SSSR count). The first kappa shape index (κ1) is 16.6. The van der Waals surface area contributed by atoms with Crippen molar-refractivity contribution >= 4 is 17.7 Å². The fraction of sp³-hybridized carbons (Fsp3) is 0.412. The standard InChI is InChI=1S/C17H23N3OS/c1-13(2)20(12-15-8-6-5-7-9-15)16(21)14(3)22-17-18-10-11-19(17)4/h5-11,13-14H,12H2,1-4H3. The SMILES string of the molecule is CC(Sc1nccn1C)C(=O)N(Cc1ccccc1)C(C)C. The third-order valence-electron chi connectivity index (χ3n) is 3.51. The van der Waals surface area contributed by atoms with Crippen LogP contribution in [-0.4, -0.2) is 31.6 Å². The number of rotatable bonds is 6. The molecule has 0 fully saturated rings. The summed E-state index contributed by atoms with van der Waals surface area (Å²) in [4.78, 5) is 19.0. The summed E-state index contributed by atoms with van der Waals surface area (Å²) in [5.74, 6) is 0.145. The smallest absolute Gasteiger partial charge is 0.236 e. The highest BCUT2D eigenvalue weighted by atomic mass is 32.2. The predicted molar refractivity (Wildman–Crippen MR) is 90.7 cm³/mol. The van der Waals surface area contributed by atoms with Gasteiger partial charge in [0.25, 0.3) is 0 Å². The average molecular weight is 317 g/mol. The molecule has 1 unspecified atom stereocenters. The van der Waals surface area contributed by atoms with Crippen LogP contribution >= 0.6 is 11.8 Å². The largest absolute Gasteiger partial charge is 0.335 e. The van der Waals surface area contributed by atoms with E-state index in [1.54, 1.807) is 6.20 Å². The topological polar surface area (TPSA) is 38.1 Å². The lowest BCUT2D eigenvalue weighted by atomic mass is 10.2. The van der Waals surface area contributed by atoms with E-state index >= 15 is 0 Å². The Hall–Kier alpha value is -1.75. The first-order chi connectivity index (χ1) is 10.5. The molecule has 1 heterocycles. The van der Waals surface area contributed by atoms with Crippen LogP contribution in [0.1, 0.15) is 26.3 Å². The van der Waals surface area contributed by atoms with Crippen molar-refractivity contribution in [3.05, 3.63) is 48.3 Å². The number of aromatic nitrogens is 2. The van der Waals surface area contributed by atoms with Gasteiger partial charge in [-0.15, -0.1) is 0 Å². The van der Waals surface area contributed by atoms with Gasteiger partial charge in [-0.05, 0) is 26.3 Å². The lowest BCUT2D eigenvalue weighted by Crippen LogP contribution is -2.40. The summed E-state index contributed by atoms with van der Waals surface area (Å²) in [7, 11) is 1.94. The maximum atomic E-state index is 12.8. The Bertz CT molecular complexity index is 609. The Balaban J connectivity index is 2.07. The van der Waals surface area contributed by atoms with Gasteiger partial charge in [0.1, 0.15) is 0 Å². The summed E-state index contributed by atoms with van der Waals surface area (Å²) in [5.41, 5.74) is 1.15. The molecule has 0 saturated carbocycles. The van der Waals surface area contributed by atoms with Crippen molar-refractivity contribution in [2.45, 2.75) is 43.8 Å². The number of imidazole rings is 1. The fourth-order valence-electron chi connectivity index (χ4n) is 2.20. The zero-order valence-electron chi connectivity index (χ0n) is 13.6. The van der Waals surface area contributed by atoms with E-state index in [-0.39, 0.29) is 17.2 Å². The number of hydrogen-bond acceptors (Lipinski definition) is 3. The minimum Gasteiger partial charge on any atom is -0.335 e. The molecule has 2 aromatic rings. The van der Waals surface area contributed by atoms with Crippen molar-refractivity contribution in [1.82, 2.24) is 14.5 Å². The van der Waals surface area contributed by atoms with Crippen LogP contribution in [0.3, 0.4) is 0 Å². The number of nitrogens with zero attached hydrogens (tertiary/aromatic N) is 3. The molecule has 0 saturated heterocycles. The first-order valence-corrected chi connectivity index (χ1v) is 8.35. The second-order valence-corrected chi connectivity index (χ2v) is 6.93. The molecule has 1 atom stereocenters. The number of hydrogen-bond donors (Lipinski definition) is 0. The van der Waals surface area contributed by atoms with Crippen LogP contribution in [0.15, 0.2) is 47.9 Å². The van der Waals surface area contributed by atoms with E-state index < -0.39 is 0 Å². The summed E-state index contributed by atoms with van der Waals surface area (Å²) in [6.45, 7) is 6.70. The second kappa shape index (κ2) is 7.49. The second-order valence-electron chi connectivity index (χ2n) is 5.63. The van der Waals surface area contributed by atoms with Crippen LogP contribution in [0.25, 0.3) is 0 Å². The minimum atomic E-state index is -0.160. The Morgan fingerprint density at radius 1 is 1.27 bits per heavy atom. The Morgan fingerprint density at radius 3 is 2.50 bits per heavy atom. The van der Waals surface area contributed by atoms with E-state index in [1.165, 1.54) is 11.8 Å². The van der Waals surface area contributed by atoms with E-state index in [4.69, 9.17) is 0 Å². The third-order valence-corrected chi connectivity index (χ3v) is 4.67. The molecule has 1 aromatic heterocycles. The normalized spacial score (nSPS) is 12.4. The van der Waals surface area contributed by atoms with Gasteiger partial charge in [-0.1, -0.05) is 42.1 Å². The highest BCUT2D eigenvalue weighted by molar-refractivity contribution is 8.00. The van der Waals surface area contributed by atoms with Crippen molar-refractivity contribution in [3.8, 4) is 0 Å². The van der Waals surface area contributed by atoms with Crippen molar-refractivity contribution < 1.29 is 4.79 Å². The van der Waals surface area contributed by atoms with Crippen LogP contribution in [0.4, 0.5) is 0 Å². The summed E-state index contributed by atoms with van der Waals surface area (Å²) in [5, 5.41) is 0.705. The minimum absolute atomic E-state index is 0.145. The van der Waals surface area contributed by atoms with E-state index in [9.17, 15) is 4.79 Å². The fourth-order valence-corrected chi connectivity index (χ4v) is 3.10. The van der Waals surface area contributed by atoms with Gasteiger partial charge >= 0.3 is 0 Å². The highest BCUT2D eigenvalue weighted by Gasteiger charge is 2.24. The molecular weight excluding hydrogens is 294 g/mol. The highest BCUT2D eigenvalue weighted by Crippen LogP contribution is 2.23. The van der Waals surface area contributed by atoms with Crippen molar-refractivity contribution in [3.63, 3.8) is 0 Å². The molecule has 0 aliphatic rings. The maximum Gasteiger partial charge on any atom is 0.236 e. The van der Waals surface area contributed by atoms with Crippen LogP contribution in [0.2, 0.25) is 0 Å². The van der Waals surface area contributed by atoms with Gasteiger partial charge < -0.3 is 9.47 Å². The van der Waals surface area contributed by atoms with Crippen LogP contribution in [0, 0.1) is 0 Å². The van der Waals surface area contributed by atoms with E-state index in [1.807, 2.05) is 47.8 Å². The van der Waals surface area contributed by atoms with Gasteiger partial charge in [-0.25, -0.2) is 4.98 Å². The van der Waals surface area contributed by atoms with Crippen molar-refractivity contribution in [2.24, 2.45) is 7.05 Å². The molecular formula is C17H23N3OS. The monoisotopic (exact) mass is 317 g/mol. The quantitative estimate of drug-likeness (QED) is 0.767. The number of aryl methyl sites for hydroxylation is 1. The van der Waals surface area contributed by atoms with Gasteiger partial charge in [0, 0.05) is 32.0 Å². The third kappa shape index (κ3) is 4.13. The molecule has 1 amide bonds. The summed E-state index contributed by atoms with van der Waals surface area (Å²) in [6, 6.07) is 10.3. The molecule has 22 heavy (non-hydrogen) atoms. The van der Waals surface area contributed by atoms with Crippen molar-refractivity contribution in [1.29, 1.82) is 0 Å². The Labute approximate surface area is 136 Å². The molecule has 0 N–H and O–H groups in total. The first-order valence-electron chi connectivity index (χ1n) is 7.47. The molecule has 0 spiro atoms. The van der Waals surface area contributed by atoms with Crippen LogP contribution in [0.5, 0.6) is 0 Å². The maximum absolute atomic E-state index is 12.8. The zero-order valence-corrected chi connectivity index (χ0v) is 14.4. The lowest BCUT2D eigenvalue weighted by molar-refractivity contribution is -0.132. The number of carbonyl (C=O) groups excluding carboxylic acids is 1. The van der Waals surface area contributed by atoms with E-state index in [2.05, 4.69) is 31.0 Å². The molecule has 0 aliphatic heterocycles. The van der Waals surface area contributed by atoms with Gasteiger partial charge in [0.05, 0.1) is 5.25 Å². The average Bonchev–Trinajstić information content (AvgIpc) is 2.90. The number of carbonyl (C=O) groups is 1. The zero-order chi connectivity index (χ0) is 16.1. The Morgan fingerprint density at radius 2 is 1.95 bits per heavy atom. The number of benzene rings is 1. The Kier molecular flexibility index (Phi) is 5.66. The molecule has 4 nitrogen and oxygen atoms in total. The summed E-state index contributed by atoms with van der Waals surface area (Å²) < 4.78 is 1.94.